The molecule has 0 rings (SSSR count). The van der Waals surface area contributed by atoms with Gasteiger partial charge in [0, 0.05) is 189 Å². The van der Waals surface area contributed by atoms with Gasteiger partial charge in [-0.15, -0.1) is 0 Å². The Kier molecular flexibility index (Phi) is 75.2. The van der Waals surface area contributed by atoms with Gasteiger partial charge in [0.05, 0.1) is 82.6 Å². The van der Waals surface area contributed by atoms with E-state index in [1.165, 1.54) is 0 Å². The molecule has 0 unspecified atom stereocenters. The zero-order chi connectivity index (χ0) is 25.5. The summed E-state index contributed by atoms with van der Waals surface area (Å²) in [6, 6.07) is 0. The van der Waals surface area contributed by atoms with Crippen LogP contribution in [0.3, 0.4) is 0 Å². The van der Waals surface area contributed by atoms with E-state index in [2.05, 4.69) is 42.3 Å². The molecule has 0 heterocycles. The molecule has 0 aromatic rings. The SMILES string of the molecule is C[N+](C)(CCO)CC[N+](C)(C)CCO.C[N+](C)(CCOC=O)CC[N+](C)(C)CCC(=O)O.[Cr].[Cr].[Cr].[Cr].[K].[Mn].[Mn].[Mn].[Mn]. The number of carbonyl (C=O) groups is 2. The van der Waals surface area contributed by atoms with Gasteiger partial charge in [0.2, 0.25) is 0 Å². The molecule has 0 aromatic heterocycles. The van der Waals surface area contributed by atoms with Crippen molar-refractivity contribution in [3.63, 3.8) is 0 Å². The van der Waals surface area contributed by atoms with Crippen molar-refractivity contribution in [1.29, 1.82) is 0 Å². The van der Waals surface area contributed by atoms with Crippen LogP contribution in [0.25, 0.3) is 0 Å². The van der Waals surface area contributed by atoms with Gasteiger partial charge in [0.1, 0.15) is 52.4 Å². The number of rotatable bonds is 17. The van der Waals surface area contributed by atoms with Crippen LogP contribution < -0.4 is 0 Å². The maximum absolute atomic E-state index is 10.6. The van der Waals surface area contributed by atoms with E-state index in [0.717, 1.165) is 59.3 Å². The third-order valence-electron chi connectivity index (χ3n) is 5.85. The summed E-state index contributed by atoms with van der Waals surface area (Å²) in [6.07, 6.45) is 0.189. The Hall–Kier alpha value is 4.54. The molecule has 245 valence electrons. The van der Waals surface area contributed by atoms with Crippen molar-refractivity contribution >= 4 is 63.8 Å². The Balaban J connectivity index is -0.0000000407. The molecule has 19 heteroatoms. The van der Waals surface area contributed by atoms with Crippen molar-refractivity contribution < 1.29 is 185 Å². The zero-order valence-corrected chi connectivity index (χ0v) is 39.0. The summed E-state index contributed by atoms with van der Waals surface area (Å²) in [6.45, 7) is 8.17. The number of carboxylic acids is 1. The van der Waals surface area contributed by atoms with Gasteiger partial charge in [-0.1, -0.05) is 0 Å². The Labute approximate surface area is 378 Å². The van der Waals surface area contributed by atoms with Crippen LogP contribution in [0.4, 0.5) is 0 Å². The topological polar surface area (TPSA) is 104 Å². The van der Waals surface area contributed by atoms with E-state index in [4.69, 9.17) is 20.1 Å². The van der Waals surface area contributed by atoms with Gasteiger partial charge in [-0.3, -0.25) is 9.59 Å². The molecule has 0 aliphatic rings. The molecule has 5 radical (unpaired) electrons. The molecule has 0 aromatic carbocycles. The maximum atomic E-state index is 10.6. The molecule has 0 saturated carbocycles. The molecule has 0 spiro atoms. The van der Waals surface area contributed by atoms with Crippen molar-refractivity contribution in [2.45, 2.75) is 6.42 Å². The first-order valence-corrected chi connectivity index (χ1v) is 11.3. The number of nitrogens with zero attached hydrogens (tertiary/aromatic N) is 4. The standard InChI is InChI=1S/C12H25N2O4.C10H26N2O2.4Cr.K.4Mn/c1-13(2,6-5-12(16)17)7-8-14(3,4)9-10-18-11-15;1-11(2,7-9-13)5-6-12(3,4)8-10-14;;;;;;;;;/h11H,5-10H2,1-4H3;13-14H,5-10H2,1-4H3;;;;;;;;;/q+1;+2;;;;;;;;;/p+1. The fourth-order valence-electron chi connectivity index (χ4n) is 2.82. The fourth-order valence-corrected chi connectivity index (χ4v) is 2.82. The average molecular weight is 936 g/mol. The van der Waals surface area contributed by atoms with Crippen LogP contribution in [0, 0.1) is 0 Å². The van der Waals surface area contributed by atoms with Crippen LogP contribution in [0.2, 0.25) is 0 Å². The second-order valence-electron chi connectivity index (χ2n) is 11.1. The summed E-state index contributed by atoms with van der Waals surface area (Å²) < 4.78 is 7.81. The number of likely N-dealkylation sites (N-methyl/N-ethyl adjacent to an activating group) is 4. The number of aliphatic hydroxyl groups is 2. The van der Waals surface area contributed by atoms with Crippen molar-refractivity contribution in [2.75, 3.05) is 129 Å². The molecule has 0 atom stereocenters. The first kappa shape index (κ1) is 75.7. The van der Waals surface area contributed by atoms with Gasteiger partial charge in [-0.2, -0.15) is 0 Å². The van der Waals surface area contributed by atoms with E-state index < -0.39 is 5.97 Å². The van der Waals surface area contributed by atoms with Crippen LogP contribution in [-0.2, 0) is 152 Å². The summed E-state index contributed by atoms with van der Waals surface area (Å²) in [5.74, 6) is -0.755. The van der Waals surface area contributed by atoms with E-state index in [0.29, 0.717) is 24.1 Å². The molecule has 0 saturated heterocycles. The van der Waals surface area contributed by atoms with Crippen molar-refractivity contribution in [3.8, 4) is 0 Å². The van der Waals surface area contributed by atoms with E-state index in [-0.39, 0.29) is 209 Å². The van der Waals surface area contributed by atoms with Gasteiger partial charge in [-0.05, 0) is 0 Å². The Bertz CT molecular complexity index is 550. The first-order chi connectivity index (χ1) is 14.5. The van der Waals surface area contributed by atoms with Gasteiger partial charge in [-0.25, -0.2) is 0 Å². The molecule has 10 nitrogen and oxygen atoms in total. The molecule has 0 aliphatic heterocycles. The fraction of sp³-hybridized carbons (Fsp3) is 0.909. The summed E-state index contributed by atoms with van der Waals surface area (Å²) in [4.78, 5) is 20.6. The van der Waals surface area contributed by atoms with Gasteiger partial charge in [0.15, 0.2) is 0 Å². The molecule has 0 fully saturated rings. The van der Waals surface area contributed by atoms with Crippen LogP contribution in [0.15, 0.2) is 0 Å². The van der Waals surface area contributed by atoms with Crippen molar-refractivity contribution in [2.24, 2.45) is 0 Å². The smallest absolute Gasteiger partial charge is 0.309 e. The molecule has 41 heavy (non-hydrogen) atoms. The normalized spacial score (nSPS) is 9.90. The largest absolute Gasteiger partial charge is 0.481 e. The Morgan fingerprint density at radius 3 is 1.10 bits per heavy atom. The number of hydrogen-bond donors (Lipinski definition) is 3. The van der Waals surface area contributed by atoms with Crippen LogP contribution in [0.5, 0.6) is 0 Å². The molecule has 0 aliphatic carbocycles. The molecule has 3 N–H and O–H groups in total. The average Bonchev–Trinajstić information content (AvgIpc) is 2.65. The summed E-state index contributed by atoms with van der Waals surface area (Å²) in [5, 5.41) is 26.4. The molecular formula is C22H52Cr4KMn4N4O6+4. The first-order valence-electron chi connectivity index (χ1n) is 11.3. The monoisotopic (exact) mass is 935 g/mol. The number of ether oxygens (including phenoxy) is 1. The Morgan fingerprint density at radius 1 is 0.585 bits per heavy atom. The zero-order valence-electron chi connectivity index (χ0n) is 26.1. The van der Waals surface area contributed by atoms with Crippen LogP contribution in [-0.4, -0.2) is 226 Å². The van der Waals surface area contributed by atoms with Crippen molar-refractivity contribution in [1.82, 2.24) is 0 Å². The summed E-state index contributed by atoms with van der Waals surface area (Å²) in [5.41, 5.74) is 0. The number of carboxylic acid groups (broad SMARTS) is 1. The third kappa shape index (κ3) is 54.3. The molecule has 0 bridgehead atoms. The van der Waals surface area contributed by atoms with Gasteiger partial charge >= 0.3 is 5.97 Å². The summed E-state index contributed by atoms with van der Waals surface area (Å²) in [7, 11) is 16.7. The molecule has 0 amide bonds. The van der Waals surface area contributed by atoms with Crippen LogP contribution in [0.1, 0.15) is 6.42 Å². The van der Waals surface area contributed by atoms with Crippen molar-refractivity contribution in [3.05, 3.63) is 0 Å². The van der Waals surface area contributed by atoms with Crippen LogP contribution >= 0.6 is 0 Å². The maximum Gasteiger partial charge on any atom is 0.309 e. The molecular weight excluding hydrogens is 883 g/mol. The Morgan fingerprint density at radius 2 is 0.854 bits per heavy atom. The third-order valence-corrected chi connectivity index (χ3v) is 5.85. The quantitative estimate of drug-likeness (QED) is 0.0713. The minimum Gasteiger partial charge on any atom is -0.481 e. The number of aliphatic carboxylic acids is 1. The van der Waals surface area contributed by atoms with E-state index in [1.807, 2.05) is 14.1 Å². The second kappa shape index (κ2) is 40.7. The summed E-state index contributed by atoms with van der Waals surface area (Å²) >= 11 is 0. The number of hydrogen-bond acceptors (Lipinski definition) is 5. The minimum absolute atomic E-state index is 0. The van der Waals surface area contributed by atoms with E-state index >= 15 is 0 Å². The number of aliphatic hydroxyl groups excluding tert-OH is 2. The number of quaternary nitrogens is 4. The number of carbonyl (C=O) groups excluding carboxylic acids is 1. The predicted octanol–water partition coefficient (Wildman–Crippen LogP) is -1.49. The second-order valence-corrected chi connectivity index (χ2v) is 11.1. The van der Waals surface area contributed by atoms with Gasteiger partial charge < -0.3 is 38.0 Å². The minimum atomic E-state index is -0.755. The van der Waals surface area contributed by atoms with E-state index in [1.54, 1.807) is 0 Å². The predicted molar refractivity (Wildman–Crippen MR) is 132 cm³/mol. The van der Waals surface area contributed by atoms with E-state index in [9.17, 15) is 9.59 Å². The van der Waals surface area contributed by atoms with Gasteiger partial charge in [0.25, 0.3) is 6.47 Å².